The zero-order chi connectivity index (χ0) is 10.3. The highest BCUT2D eigenvalue weighted by atomic mass is 35.7. The Balaban J connectivity index is 2.84. The fourth-order valence-electron chi connectivity index (χ4n) is 1.20. The summed E-state index contributed by atoms with van der Waals surface area (Å²) in [5.41, 5.74) is 6.30. The van der Waals surface area contributed by atoms with Gasteiger partial charge in [0.05, 0.1) is 17.4 Å². The molecule has 0 amide bonds. The van der Waals surface area contributed by atoms with Crippen LogP contribution >= 0.6 is 10.7 Å². The van der Waals surface area contributed by atoms with Crippen molar-refractivity contribution < 1.29 is 8.42 Å². The summed E-state index contributed by atoms with van der Waals surface area (Å²) in [6, 6.07) is 2.87. The van der Waals surface area contributed by atoms with Crippen LogP contribution in [-0.4, -0.2) is 18.6 Å². The Bertz CT molecular complexity index is 590. The smallest absolute Gasteiger partial charge is 0.263 e. The van der Waals surface area contributed by atoms with Crippen LogP contribution in [0.5, 0.6) is 0 Å². The highest BCUT2D eigenvalue weighted by Crippen LogP contribution is 2.26. The van der Waals surface area contributed by atoms with Crippen molar-refractivity contribution in [1.29, 1.82) is 0 Å². The number of aromatic nitrogens is 2. The molecule has 3 N–H and O–H groups in total. The Hall–Kier alpha value is -1.27. The Morgan fingerprint density at radius 3 is 2.79 bits per heavy atom. The lowest BCUT2D eigenvalue weighted by atomic mass is 10.2. The molecule has 5 nitrogen and oxygen atoms in total. The Morgan fingerprint density at radius 1 is 1.43 bits per heavy atom. The van der Waals surface area contributed by atoms with Gasteiger partial charge in [-0.05, 0) is 12.1 Å². The van der Waals surface area contributed by atoms with E-state index in [4.69, 9.17) is 16.4 Å². The first kappa shape index (κ1) is 9.29. The van der Waals surface area contributed by atoms with E-state index in [1.54, 1.807) is 0 Å². The third-order valence-electron chi connectivity index (χ3n) is 1.83. The highest BCUT2D eigenvalue weighted by molar-refractivity contribution is 8.13. The summed E-state index contributed by atoms with van der Waals surface area (Å²) in [5.74, 6) is 0. The van der Waals surface area contributed by atoms with Crippen molar-refractivity contribution in [2.24, 2.45) is 0 Å². The summed E-state index contributed by atoms with van der Waals surface area (Å²) < 4.78 is 22.1. The van der Waals surface area contributed by atoms with Gasteiger partial charge in [-0.3, -0.25) is 5.10 Å². The number of nitrogens with one attached hydrogen (secondary N) is 1. The number of aromatic amines is 1. The molecular formula is C7H6ClN3O2S. The van der Waals surface area contributed by atoms with Crippen LogP contribution < -0.4 is 5.73 Å². The largest absolute Gasteiger partial charge is 0.398 e. The number of halogens is 1. The molecule has 7 heteroatoms. The second kappa shape index (κ2) is 2.86. The van der Waals surface area contributed by atoms with Gasteiger partial charge in [0.15, 0.2) is 0 Å². The van der Waals surface area contributed by atoms with E-state index in [0.29, 0.717) is 10.9 Å². The second-order valence-electron chi connectivity index (χ2n) is 2.79. The van der Waals surface area contributed by atoms with Crippen LogP contribution in [0.25, 0.3) is 10.9 Å². The monoisotopic (exact) mass is 231 g/mol. The highest BCUT2D eigenvalue weighted by Gasteiger charge is 2.15. The van der Waals surface area contributed by atoms with Crippen molar-refractivity contribution in [2.75, 3.05) is 5.73 Å². The molecule has 0 aliphatic heterocycles. The topological polar surface area (TPSA) is 88.8 Å². The number of benzene rings is 1. The second-order valence-corrected chi connectivity index (χ2v) is 5.32. The summed E-state index contributed by atoms with van der Waals surface area (Å²) in [6.45, 7) is 0. The maximum absolute atomic E-state index is 11.1. The third-order valence-corrected chi connectivity index (χ3v) is 3.21. The molecule has 2 rings (SSSR count). The average Bonchev–Trinajstić information content (AvgIpc) is 2.47. The Morgan fingerprint density at radius 2 is 2.14 bits per heavy atom. The minimum absolute atomic E-state index is 0.0898. The Labute approximate surface area is 84.3 Å². The molecule has 0 saturated carbocycles. The van der Waals surface area contributed by atoms with E-state index in [0.717, 1.165) is 0 Å². The Kier molecular flexibility index (Phi) is 1.90. The third kappa shape index (κ3) is 1.42. The van der Waals surface area contributed by atoms with E-state index < -0.39 is 9.05 Å². The van der Waals surface area contributed by atoms with Crippen LogP contribution in [0.1, 0.15) is 0 Å². The maximum atomic E-state index is 11.1. The first-order chi connectivity index (χ1) is 6.48. The number of fused-ring (bicyclic) bond motifs is 1. The lowest BCUT2D eigenvalue weighted by Gasteiger charge is -2.00. The van der Waals surface area contributed by atoms with E-state index in [2.05, 4.69) is 10.2 Å². The number of rotatable bonds is 1. The summed E-state index contributed by atoms with van der Waals surface area (Å²) in [4.78, 5) is -0.0898. The van der Waals surface area contributed by atoms with Crippen LogP contribution in [0.3, 0.4) is 0 Å². The van der Waals surface area contributed by atoms with E-state index in [1.165, 1.54) is 18.3 Å². The number of nitrogens with zero attached hydrogens (tertiary/aromatic N) is 1. The van der Waals surface area contributed by atoms with Crippen molar-refractivity contribution in [3.63, 3.8) is 0 Å². The van der Waals surface area contributed by atoms with E-state index in [1.807, 2.05) is 0 Å². The quantitative estimate of drug-likeness (QED) is 0.568. The maximum Gasteiger partial charge on any atom is 0.263 e. The summed E-state index contributed by atoms with van der Waals surface area (Å²) in [6.07, 6.45) is 1.50. The van der Waals surface area contributed by atoms with Crippen molar-refractivity contribution in [2.45, 2.75) is 4.90 Å². The number of nitrogen functional groups attached to an aromatic ring is 1. The van der Waals surface area contributed by atoms with Gasteiger partial charge in [0.25, 0.3) is 9.05 Å². The molecule has 14 heavy (non-hydrogen) atoms. The van der Waals surface area contributed by atoms with Crippen molar-refractivity contribution in [1.82, 2.24) is 10.2 Å². The van der Waals surface area contributed by atoms with Gasteiger partial charge in [0.2, 0.25) is 0 Å². The molecule has 2 aromatic rings. The average molecular weight is 232 g/mol. The van der Waals surface area contributed by atoms with Crippen molar-refractivity contribution >= 4 is 36.3 Å². The van der Waals surface area contributed by atoms with Crippen molar-refractivity contribution in [3.05, 3.63) is 18.3 Å². The van der Waals surface area contributed by atoms with Gasteiger partial charge in [-0.1, -0.05) is 0 Å². The van der Waals surface area contributed by atoms with Gasteiger partial charge in [0.1, 0.15) is 4.90 Å². The minimum atomic E-state index is -3.80. The van der Waals surface area contributed by atoms with Gasteiger partial charge >= 0.3 is 0 Å². The van der Waals surface area contributed by atoms with Crippen LogP contribution in [-0.2, 0) is 9.05 Å². The number of hydrogen-bond donors (Lipinski definition) is 2. The zero-order valence-corrected chi connectivity index (χ0v) is 8.43. The van der Waals surface area contributed by atoms with Crippen LogP contribution in [0.2, 0.25) is 0 Å². The molecule has 0 spiro atoms. The predicted molar refractivity (Wildman–Crippen MR) is 53.5 cm³/mol. The van der Waals surface area contributed by atoms with Crippen molar-refractivity contribution in [3.8, 4) is 0 Å². The molecule has 74 valence electrons. The fourth-order valence-corrected chi connectivity index (χ4v) is 2.21. The molecule has 1 aromatic heterocycles. The SMILES string of the molecule is Nc1cc2[nH]ncc2cc1S(=O)(=O)Cl. The molecule has 0 radical (unpaired) electrons. The summed E-state index contributed by atoms with van der Waals surface area (Å²) >= 11 is 0. The molecule has 0 atom stereocenters. The van der Waals surface area contributed by atoms with Gasteiger partial charge in [0, 0.05) is 16.1 Å². The van der Waals surface area contributed by atoms with E-state index in [9.17, 15) is 8.42 Å². The van der Waals surface area contributed by atoms with Crippen LogP contribution in [0, 0.1) is 0 Å². The summed E-state index contributed by atoms with van der Waals surface area (Å²) in [7, 11) is 1.40. The predicted octanol–water partition coefficient (Wildman–Crippen LogP) is 1.07. The van der Waals surface area contributed by atoms with Crippen LogP contribution in [0.4, 0.5) is 5.69 Å². The molecule has 0 unspecified atom stereocenters. The molecular weight excluding hydrogens is 226 g/mol. The lowest BCUT2D eigenvalue weighted by Crippen LogP contribution is -1.97. The normalized spacial score (nSPS) is 12.1. The van der Waals surface area contributed by atoms with Gasteiger partial charge in [-0.15, -0.1) is 0 Å². The fraction of sp³-hybridized carbons (Fsp3) is 0. The van der Waals surface area contributed by atoms with E-state index in [-0.39, 0.29) is 10.6 Å². The van der Waals surface area contributed by atoms with Gasteiger partial charge in [-0.2, -0.15) is 5.10 Å². The molecule has 1 heterocycles. The van der Waals surface area contributed by atoms with Crippen LogP contribution in [0.15, 0.2) is 23.2 Å². The molecule has 0 saturated heterocycles. The molecule has 0 aliphatic carbocycles. The number of H-pyrrole nitrogens is 1. The zero-order valence-electron chi connectivity index (χ0n) is 6.86. The molecule has 0 bridgehead atoms. The molecule has 0 fully saturated rings. The summed E-state index contributed by atoms with van der Waals surface area (Å²) in [5, 5.41) is 7.07. The molecule has 0 aliphatic rings. The first-order valence-electron chi connectivity index (χ1n) is 3.66. The minimum Gasteiger partial charge on any atom is -0.398 e. The number of hydrogen-bond acceptors (Lipinski definition) is 4. The van der Waals surface area contributed by atoms with Gasteiger partial charge in [-0.25, -0.2) is 8.42 Å². The van der Waals surface area contributed by atoms with Gasteiger partial charge < -0.3 is 5.73 Å². The molecule has 1 aromatic carbocycles. The standard InChI is InChI=1S/C7H6ClN3O2S/c8-14(12,13)7-1-4-3-10-11-6(4)2-5(7)9/h1-3H,9H2,(H,10,11). The number of anilines is 1. The number of nitrogens with two attached hydrogens (primary N) is 1. The lowest BCUT2D eigenvalue weighted by molar-refractivity contribution is 0.610. The first-order valence-corrected chi connectivity index (χ1v) is 5.96. The van der Waals surface area contributed by atoms with E-state index >= 15 is 0 Å².